The van der Waals surface area contributed by atoms with Crippen molar-refractivity contribution in [1.82, 2.24) is 25.1 Å². The summed E-state index contributed by atoms with van der Waals surface area (Å²) in [5.74, 6) is 2.10. The van der Waals surface area contributed by atoms with Crippen LogP contribution in [0.5, 0.6) is 11.5 Å². The van der Waals surface area contributed by atoms with Gasteiger partial charge in [0, 0.05) is 10.6 Å². The lowest BCUT2D eigenvalue weighted by molar-refractivity contribution is 0.411. The van der Waals surface area contributed by atoms with Gasteiger partial charge in [-0.2, -0.15) is 4.98 Å². The first kappa shape index (κ1) is 18.0. The Balaban J connectivity index is 1.70. The van der Waals surface area contributed by atoms with Crippen LogP contribution in [0.1, 0.15) is 5.69 Å². The largest absolute Gasteiger partial charge is 0.497 e. The van der Waals surface area contributed by atoms with Gasteiger partial charge in [-0.15, -0.1) is 5.10 Å². The molecule has 0 bridgehead atoms. The molecule has 0 unspecified atom stereocenters. The molecule has 2 aromatic carbocycles. The fraction of sp³-hybridized carbons (Fsp3) is 0.158. The van der Waals surface area contributed by atoms with Gasteiger partial charge in [0.15, 0.2) is 5.69 Å². The fourth-order valence-corrected chi connectivity index (χ4v) is 2.93. The van der Waals surface area contributed by atoms with E-state index in [0.29, 0.717) is 33.7 Å². The second-order valence-electron chi connectivity index (χ2n) is 5.90. The zero-order chi connectivity index (χ0) is 19.7. The topological polar surface area (TPSA) is 88.1 Å². The molecule has 0 spiro atoms. The van der Waals surface area contributed by atoms with Crippen LogP contribution < -0.4 is 9.47 Å². The molecule has 0 N–H and O–H groups in total. The SMILES string of the molecule is COc1ccc(-c2noc(-c3nnn(-c4cc(Cl)ccc4OC)c3C)n2)cc1. The molecule has 4 rings (SSSR count). The molecule has 0 aliphatic heterocycles. The minimum atomic E-state index is 0.274. The van der Waals surface area contributed by atoms with Crippen molar-refractivity contribution in [2.75, 3.05) is 14.2 Å². The number of nitrogens with zero attached hydrogens (tertiary/aromatic N) is 5. The van der Waals surface area contributed by atoms with Gasteiger partial charge in [0.05, 0.1) is 19.9 Å². The molecule has 0 radical (unpaired) electrons. The molecular formula is C19H16ClN5O3. The zero-order valence-electron chi connectivity index (χ0n) is 15.4. The third kappa shape index (κ3) is 3.18. The Labute approximate surface area is 165 Å². The minimum absolute atomic E-state index is 0.274. The molecule has 0 amide bonds. The summed E-state index contributed by atoms with van der Waals surface area (Å²) in [7, 11) is 3.20. The van der Waals surface area contributed by atoms with Gasteiger partial charge < -0.3 is 14.0 Å². The van der Waals surface area contributed by atoms with E-state index in [4.69, 9.17) is 25.6 Å². The zero-order valence-corrected chi connectivity index (χ0v) is 16.1. The standard InChI is InChI=1S/C19H16ClN5O3/c1-11-17(22-24-25(11)15-10-13(20)6-9-16(15)27-3)19-21-18(23-28-19)12-4-7-14(26-2)8-5-12/h4-10H,1-3H3. The van der Waals surface area contributed by atoms with Gasteiger partial charge >= 0.3 is 0 Å². The summed E-state index contributed by atoms with van der Waals surface area (Å²) in [5, 5.41) is 13.0. The van der Waals surface area contributed by atoms with Crippen LogP contribution in [0.2, 0.25) is 5.02 Å². The maximum Gasteiger partial charge on any atom is 0.280 e. The Morgan fingerprint density at radius 3 is 2.54 bits per heavy atom. The highest BCUT2D eigenvalue weighted by molar-refractivity contribution is 6.30. The molecule has 0 atom stereocenters. The molecule has 9 heteroatoms. The quantitative estimate of drug-likeness (QED) is 0.503. The molecule has 0 aliphatic rings. The smallest absolute Gasteiger partial charge is 0.280 e. The third-order valence-corrected chi connectivity index (χ3v) is 4.48. The van der Waals surface area contributed by atoms with Crippen LogP contribution in [-0.2, 0) is 0 Å². The number of benzene rings is 2. The molecule has 0 fully saturated rings. The Morgan fingerprint density at radius 1 is 1.04 bits per heavy atom. The number of aromatic nitrogens is 5. The highest BCUT2D eigenvalue weighted by Gasteiger charge is 2.20. The molecule has 2 heterocycles. The van der Waals surface area contributed by atoms with Gasteiger partial charge in [0.2, 0.25) is 5.82 Å². The van der Waals surface area contributed by atoms with E-state index in [1.54, 1.807) is 37.1 Å². The Kier molecular flexibility index (Phi) is 4.70. The summed E-state index contributed by atoms with van der Waals surface area (Å²) < 4.78 is 17.6. The van der Waals surface area contributed by atoms with Crippen LogP contribution in [0.15, 0.2) is 47.0 Å². The van der Waals surface area contributed by atoms with E-state index in [1.807, 2.05) is 31.2 Å². The van der Waals surface area contributed by atoms with Crippen molar-refractivity contribution in [3.63, 3.8) is 0 Å². The number of hydrogen-bond acceptors (Lipinski definition) is 7. The second-order valence-corrected chi connectivity index (χ2v) is 6.34. The van der Waals surface area contributed by atoms with E-state index >= 15 is 0 Å². The fourth-order valence-electron chi connectivity index (χ4n) is 2.76. The average Bonchev–Trinajstić information content (AvgIpc) is 3.34. The van der Waals surface area contributed by atoms with Crippen molar-refractivity contribution in [3.05, 3.63) is 53.2 Å². The molecule has 2 aromatic heterocycles. The van der Waals surface area contributed by atoms with Gasteiger partial charge in [-0.05, 0) is 49.4 Å². The van der Waals surface area contributed by atoms with Crippen LogP contribution >= 0.6 is 11.6 Å². The van der Waals surface area contributed by atoms with Crippen molar-refractivity contribution in [3.8, 4) is 40.2 Å². The number of rotatable bonds is 5. The number of halogens is 1. The highest BCUT2D eigenvalue weighted by Crippen LogP contribution is 2.30. The maximum absolute atomic E-state index is 6.13. The molecule has 28 heavy (non-hydrogen) atoms. The summed E-state index contributed by atoms with van der Waals surface area (Å²) in [6.07, 6.45) is 0. The van der Waals surface area contributed by atoms with E-state index < -0.39 is 0 Å². The first-order valence-corrected chi connectivity index (χ1v) is 8.73. The van der Waals surface area contributed by atoms with Crippen molar-refractivity contribution in [1.29, 1.82) is 0 Å². The maximum atomic E-state index is 6.13. The van der Waals surface area contributed by atoms with Gasteiger partial charge in [-0.3, -0.25) is 0 Å². The van der Waals surface area contributed by atoms with Gasteiger partial charge in [0.25, 0.3) is 5.89 Å². The number of methoxy groups -OCH3 is 2. The van der Waals surface area contributed by atoms with Crippen molar-refractivity contribution >= 4 is 11.6 Å². The summed E-state index contributed by atoms with van der Waals surface area (Å²) in [5.41, 5.74) is 2.67. The second kappa shape index (κ2) is 7.32. The van der Waals surface area contributed by atoms with E-state index in [-0.39, 0.29) is 5.89 Å². The van der Waals surface area contributed by atoms with Gasteiger partial charge in [-0.1, -0.05) is 22.0 Å². The molecule has 142 valence electrons. The van der Waals surface area contributed by atoms with Gasteiger partial charge in [-0.25, -0.2) is 4.68 Å². The molecule has 8 nitrogen and oxygen atoms in total. The van der Waals surface area contributed by atoms with Crippen LogP contribution in [0.4, 0.5) is 0 Å². The predicted molar refractivity (Wildman–Crippen MR) is 103 cm³/mol. The average molecular weight is 398 g/mol. The summed E-state index contributed by atoms with van der Waals surface area (Å²) in [4.78, 5) is 4.44. The molecular weight excluding hydrogens is 382 g/mol. The summed E-state index contributed by atoms with van der Waals surface area (Å²) in [6, 6.07) is 12.6. The van der Waals surface area contributed by atoms with Crippen LogP contribution in [0.25, 0.3) is 28.7 Å². The molecule has 0 aliphatic carbocycles. The lowest BCUT2D eigenvalue weighted by atomic mass is 10.2. The minimum Gasteiger partial charge on any atom is -0.497 e. The predicted octanol–water partition coefficient (Wildman–Crippen LogP) is 3.96. The van der Waals surface area contributed by atoms with Crippen molar-refractivity contribution in [2.24, 2.45) is 0 Å². The van der Waals surface area contributed by atoms with Crippen molar-refractivity contribution in [2.45, 2.75) is 6.92 Å². The molecule has 4 aromatic rings. The first-order chi connectivity index (χ1) is 13.6. The van der Waals surface area contributed by atoms with E-state index in [9.17, 15) is 0 Å². The van der Waals surface area contributed by atoms with Crippen LogP contribution in [0, 0.1) is 6.92 Å². The van der Waals surface area contributed by atoms with Crippen LogP contribution in [0.3, 0.4) is 0 Å². The monoisotopic (exact) mass is 397 g/mol. The molecule has 0 saturated heterocycles. The summed E-state index contributed by atoms with van der Waals surface area (Å²) >= 11 is 6.13. The van der Waals surface area contributed by atoms with Crippen LogP contribution in [-0.4, -0.2) is 39.4 Å². The lowest BCUT2D eigenvalue weighted by Gasteiger charge is -2.09. The Hall–Kier alpha value is -3.39. The summed E-state index contributed by atoms with van der Waals surface area (Å²) in [6.45, 7) is 1.85. The first-order valence-electron chi connectivity index (χ1n) is 8.35. The Morgan fingerprint density at radius 2 is 1.82 bits per heavy atom. The highest BCUT2D eigenvalue weighted by atomic mass is 35.5. The van der Waals surface area contributed by atoms with Gasteiger partial charge in [0.1, 0.15) is 17.2 Å². The third-order valence-electron chi connectivity index (χ3n) is 4.24. The van der Waals surface area contributed by atoms with E-state index in [2.05, 4.69) is 20.5 Å². The van der Waals surface area contributed by atoms with Crippen molar-refractivity contribution < 1.29 is 14.0 Å². The van der Waals surface area contributed by atoms with E-state index in [0.717, 1.165) is 11.3 Å². The Bertz CT molecular complexity index is 1120. The normalized spacial score (nSPS) is 10.9. The molecule has 0 saturated carbocycles. The van der Waals surface area contributed by atoms with E-state index in [1.165, 1.54) is 0 Å². The number of ether oxygens (including phenoxy) is 2. The lowest BCUT2D eigenvalue weighted by Crippen LogP contribution is -2.02. The number of hydrogen-bond donors (Lipinski definition) is 0.